The highest BCUT2D eigenvalue weighted by molar-refractivity contribution is 9.10. The van der Waals surface area contributed by atoms with Gasteiger partial charge in [-0.15, -0.1) is 0 Å². The average Bonchev–Trinajstić information content (AvgIpc) is 2.93. The molecular weight excluding hydrogens is 332 g/mol. The van der Waals surface area contributed by atoms with Crippen molar-refractivity contribution in [3.05, 3.63) is 16.9 Å². The number of likely N-dealkylation sites (tertiary alicyclic amines) is 1. The van der Waals surface area contributed by atoms with Crippen molar-refractivity contribution in [2.75, 3.05) is 13.1 Å². The van der Waals surface area contributed by atoms with Crippen LogP contribution in [0.1, 0.15) is 44.6 Å². The van der Waals surface area contributed by atoms with E-state index in [-0.39, 0.29) is 12.0 Å². The number of rotatable bonds is 2. The van der Waals surface area contributed by atoms with Gasteiger partial charge in [0.1, 0.15) is 0 Å². The lowest BCUT2D eigenvalue weighted by Crippen LogP contribution is -2.44. The van der Waals surface area contributed by atoms with Gasteiger partial charge in [-0.2, -0.15) is 5.10 Å². The van der Waals surface area contributed by atoms with Crippen LogP contribution in [0.2, 0.25) is 0 Å². The van der Waals surface area contributed by atoms with Gasteiger partial charge in [0.05, 0.1) is 16.7 Å². The maximum absolute atomic E-state index is 12.6. The highest BCUT2D eigenvalue weighted by Crippen LogP contribution is 2.28. The monoisotopic (exact) mass is 354 g/mol. The Balaban J connectivity index is 1.54. The quantitative estimate of drug-likeness (QED) is 0.886. The molecule has 2 fully saturated rings. The van der Waals surface area contributed by atoms with Crippen LogP contribution in [0.3, 0.4) is 0 Å². The molecule has 0 spiro atoms. The van der Waals surface area contributed by atoms with E-state index in [1.165, 1.54) is 0 Å². The first-order valence-corrected chi connectivity index (χ1v) is 8.67. The summed E-state index contributed by atoms with van der Waals surface area (Å²) >= 11 is 3.43. The lowest BCUT2D eigenvalue weighted by molar-refractivity contribution is -0.138. The van der Waals surface area contributed by atoms with Crippen LogP contribution in [-0.2, 0) is 4.79 Å². The van der Waals surface area contributed by atoms with Crippen LogP contribution >= 0.6 is 15.9 Å². The molecule has 2 heterocycles. The minimum atomic E-state index is 0.157. The van der Waals surface area contributed by atoms with Gasteiger partial charge in [-0.25, -0.2) is 0 Å². The molecular formula is C15H23BrN4O. The second-order valence-electron chi connectivity index (χ2n) is 6.32. The van der Waals surface area contributed by atoms with Gasteiger partial charge in [-0.3, -0.25) is 9.48 Å². The summed E-state index contributed by atoms with van der Waals surface area (Å²) in [4.78, 5) is 14.6. The molecule has 2 N–H and O–H groups in total. The average molecular weight is 355 g/mol. The zero-order chi connectivity index (χ0) is 14.8. The van der Waals surface area contributed by atoms with Crippen molar-refractivity contribution >= 4 is 21.8 Å². The maximum Gasteiger partial charge on any atom is 0.225 e. The van der Waals surface area contributed by atoms with E-state index in [0.29, 0.717) is 11.9 Å². The number of carbonyl (C=O) groups excluding carboxylic acids is 1. The minimum absolute atomic E-state index is 0.157. The highest BCUT2D eigenvalue weighted by atomic mass is 79.9. The second kappa shape index (κ2) is 6.48. The molecule has 5 nitrogen and oxygen atoms in total. The second-order valence-corrected chi connectivity index (χ2v) is 7.23. The number of piperidine rings is 1. The first kappa shape index (κ1) is 15.0. The Labute approximate surface area is 134 Å². The number of carbonyl (C=O) groups is 1. The van der Waals surface area contributed by atoms with Gasteiger partial charge in [0.15, 0.2) is 0 Å². The maximum atomic E-state index is 12.6. The number of aromatic nitrogens is 2. The van der Waals surface area contributed by atoms with E-state index in [2.05, 4.69) is 21.0 Å². The summed E-state index contributed by atoms with van der Waals surface area (Å²) in [6.45, 7) is 1.68. The van der Waals surface area contributed by atoms with Crippen molar-refractivity contribution in [3.63, 3.8) is 0 Å². The fourth-order valence-corrected chi connectivity index (χ4v) is 3.88. The summed E-state index contributed by atoms with van der Waals surface area (Å²) in [5.41, 5.74) is 6.01. The molecule has 0 radical (unpaired) electrons. The minimum Gasteiger partial charge on any atom is -0.342 e. The molecule has 21 heavy (non-hydrogen) atoms. The molecule has 1 aromatic heterocycles. The summed E-state index contributed by atoms with van der Waals surface area (Å²) < 4.78 is 3.03. The van der Waals surface area contributed by atoms with Crippen LogP contribution in [0.25, 0.3) is 0 Å². The summed E-state index contributed by atoms with van der Waals surface area (Å²) in [5.74, 6) is 0.481. The van der Waals surface area contributed by atoms with Crippen molar-refractivity contribution in [1.82, 2.24) is 14.7 Å². The third-order valence-corrected chi connectivity index (χ3v) is 5.19. The Morgan fingerprint density at radius 3 is 2.67 bits per heavy atom. The molecule has 1 amide bonds. The molecule has 0 bridgehead atoms. The fourth-order valence-electron chi connectivity index (χ4n) is 3.58. The smallest absolute Gasteiger partial charge is 0.225 e. The predicted octanol–water partition coefficient (Wildman–Crippen LogP) is 2.33. The normalized spacial score (nSPS) is 27.8. The Bertz CT molecular complexity index is 496. The van der Waals surface area contributed by atoms with Crippen molar-refractivity contribution in [2.24, 2.45) is 11.7 Å². The Morgan fingerprint density at radius 2 is 2.05 bits per heavy atom. The zero-order valence-electron chi connectivity index (χ0n) is 12.2. The van der Waals surface area contributed by atoms with E-state index in [9.17, 15) is 4.79 Å². The zero-order valence-corrected chi connectivity index (χ0v) is 13.8. The molecule has 6 heteroatoms. The van der Waals surface area contributed by atoms with Gasteiger partial charge in [-0.05, 0) is 48.0 Å². The summed E-state index contributed by atoms with van der Waals surface area (Å²) in [6, 6.07) is 0.626. The molecule has 1 saturated carbocycles. The molecule has 1 aromatic rings. The van der Waals surface area contributed by atoms with Crippen LogP contribution in [-0.4, -0.2) is 39.7 Å². The van der Waals surface area contributed by atoms with E-state index in [1.54, 1.807) is 0 Å². The molecule has 1 aliphatic heterocycles. The molecule has 3 rings (SSSR count). The first-order valence-electron chi connectivity index (χ1n) is 7.87. The van der Waals surface area contributed by atoms with Crippen molar-refractivity contribution < 1.29 is 4.79 Å². The number of hydrogen-bond acceptors (Lipinski definition) is 3. The van der Waals surface area contributed by atoms with Crippen LogP contribution in [0.4, 0.5) is 0 Å². The van der Waals surface area contributed by atoms with E-state index < -0.39 is 0 Å². The van der Waals surface area contributed by atoms with E-state index in [1.807, 2.05) is 22.0 Å². The van der Waals surface area contributed by atoms with Crippen LogP contribution in [0.5, 0.6) is 0 Å². The van der Waals surface area contributed by atoms with Gasteiger partial charge >= 0.3 is 0 Å². The number of hydrogen-bond donors (Lipinski definition) is 1. The topological polar surface area (TPSA) is 64.2 Å². The van der Waals surface area contributed by atoms with E-state index >= 15 is 0 Å². The van der Waals surface area contributed by atoms with Gasteiger partial charge in [0.25, 0.3) is 0 Å². The third kappa shape index (κ3) is 3.48. The lowest BCUT2D eigenvalue weighted by atomic mass is 9.85. The molecule has 2 atom stereocenters. The lowest BCUT2D eigenvalue weighted by Gasteiger charge is -2.36. The fraction of sp³-hybridized carbons (Fsp3) is 0.733. The first-order chi connectivity index (χ1) is 10.1. The molecule has 0 aromatic carbocycles. The van der Waals surface area contributed by atoms with Crippen LogP contribution in [0, 0.1) is 5.92 Å². The van der Waals surface area contributed by atoms with Crippen molar-refractivity contribution in [2.45, 2.75) is 50.6 Å². The van der Waals surface area contributed by atoms with Gasteiger partial charge in [-0.1, -0.05) is 6.42 Å². The van der Waals surface area contributed by atoms with E-state index in [4.69, 9.17) is 5.73 Å². The Morgan fingerprint density at radius 1 is 1.29 bits per heavy atom. The molecule has 1 aliphatic carbocycles. The number of nitrogens with zero attached hydrogens (tertiary/aromatic N) is 3. The summed E-state index contributed by atoms with van der Waals surface area (Å²) in [5, 5.41) is 4.36. The van der Waals surface area contributed by atoms with Gasteiger partial charge < -0.3 is 10.6 Å². The van der Waals surface area contributed by atoms with Gasteiger partial charge in [0.2, 0.25) is 5.91 Å². The van der Waals surface area contributed by atoms with Crippen LogP contribution < -0.4 is 5.73 Å². The number of halogens is 1. The SMILES string of the molecule is NC1CCCC(C(=O)N2CCC(n3cc(Br)cn3)CC2)C1. The Kier molecular flexibility index (Phi) is 4.64. The van der Waals surface area contributed by atoms with Crippen LogP contribution in [0.15, 0.2) is 16.9 Å². The highest BCUT2D eigenvalue weighted by Gasteiger charge is 2.31. The number of amides is 1. The molecule has 2 unspecified atom stereocenters. The largest absolute Gasteiger partial charge is 0.342 e. The standard InChI is InChI=1S/C15H23BrN4O/c16-12-9-18-20(10-12)14-4-6-19(7-5-14)15(21)11-2-1-3-13(17)8-11/h9-11,13-14H,1-8,17H2. The summed E-state index contributed by atoms with van der Waals surface area (Å²) in [7, 11) is 0. The third-order valence-electron chi connectivity index (χ3n) is 4.78. The predicted molar refractivity (Wildman–Crippen MR) is 84.7 cm³/mol. The van der Waals surface area contributed by atoms with E-state index in [0.717, 1.165) is 56.1 Å². The Hall–Kier alpha value is -0.880. The molecule has 1 saturated heterocycles. The summed E-state index contributed by atoms with van der Waals surface area (Å²) in [6.07, 6.45) is 9.85. The molecule has 2 aliphatic rings. The van der Waals surface area contributed by atoms with Gasteiger partial charge in [0, 0.05) is 31.2 Å². The molecule has 116 valence electrons. The van der Waals surface area contributed by atoms with Crippen molar-refractivity contribution in [3.8, 4) is 0 Å². The van der Waals surface area contributed by atoms with Crippen molar-refractivity contribution in [1.29, 1.82) is 0 Å². The number of nitrogens with two attached hydrogens (primary N) is 1.